The smallest absolute Gasteiger partial charge is 0.407 e. The Balaban J connectivity index is 3.68. The van der Waals surface area contributed by atoms with E-state index in [0.717, 1.165) is 6.42 Å². The van der Waals surface area contributed by atoms with Crippen molar-refractivity contribution in [2.24, 2.45) is 0 Å². The van der Waals surface area contributed by atoms with Crippen molar-refractivity contribution in [1.29, 1.82) is 0 Å². The summed E-state index contributed by atoms with van der Waals surface area (Å²) in [6.45, 7) is 4.90. The van der Waals surface area contributed by atoms with Gasteiger partial charge in [-0.3, -0.25) is 0 Å². The van der Waals surface area contributed by atoms with E-state index in [2.05, 4.69) is 10.1 Å². The van der Waals surface area contributed by atoms with Gasteiger partial charge in [-0.05, 0) is 20.3 Å². The van der Waals surface area contributed by atoms with Crippen LogP contribution in [0.4, 0.5) is 9.18 Å². The first kappa shape index (κ1) is 11.2. The average Bonchev–Trinajstić information content (AvgIpc) is 2.00. The number of alkyl carbamates (subject to hydrolysis) is 1. The number of rotatable bonds is 4. The molecular weight excluding hydrogens is 161 g/mol. The summed E-state index contributed by atoms with van der Waals surface area (Å²) >= 11 is 0. The minimum Gasteiger partial charge on any atom is -0.447 e. The van der Waals surface area contributed by atoms with Crippen LogP contribution in [-0.2, 0) is 4.74 Å². The summed E-state index contributed by atoms with van der Waals surface area (Å²) in [4.78, 5) is 10.9. The van der Waals surface area contributed by atoms with Gasteiger partial charge in [0, 0.05) is 5.54 Å². The number of ether oxygens (including phenoxy) is 1. The summed E-state index contributed by atoms with van der Waals surface area (Å²) in [7, 11) is 0. The van der Waals surface area contributed by atoms with E-state index >= 15 is 0 Å². The van der Waals surface area contributed by atoms with Gasteiger partial charge in [0.25, 0.3) is 0 Å². The molecule has 0 rings (SSSR count). The van der Waals surface area contributed by atoms with Gasteiger partial charge in [0.05, 0.1) is 0 Å². The molecule has 1 N–H and O–H groups in total. The summed E-state index contributed by atoms with van der Waals surface area (Å²) < 4.78 is 16.1. The van der Waals surface area contributed by atoms with Crippen molar-refractivity contribution in [1.82, 2.24) is 5.32 Å². The predicted molar refractivity (Wildman–Crippen MR) is 44.8 cm³/mol. The summed E-state index contributed by atoms with van der Waals surface area (Å²) in [6.07, 6.45) is 0.247. The Morgan fingerprint density at radius 3 is 2.58 bits per heavy atom. The molecule has 0 fully saturated rings. The molecule has 0 aliphatic heterocycles. The number of halogens is 1. The molecule has 0 unspecified atom stereocenters. The lowest BCUT2D eigenvalue weighted by Crippen LogP contribution is -2.43. The Bertz CT molecular complexity index is 148. The second-order valence-electron chi connectivity index (χ2n) is 3.19. The number of hydrogen-bond acceptors (Lipinski definition) is 2. The predicted octanol–water partition coefficient (Wildman–Crippen LogP) is 1.87. The molecule has 0 aromatic carbocycles. The van der Waals surface area contributed by atoms with Crippen LogP contribution in [0.25, 0.3) is 0 Å². The second kappa shape index (κ2) is 4.95. The summed E-state index contributed by atoms with van der Waals surface area (Å²) in [5.41, 5.74) is -0.284. The van der Waals surface area contributed by atoms with Gasteiger partial charge in [0.1, 0.15) is 13.3 Å². The molecular formula is C8H16FNO2. The molecule has 1 amide bonds. The number of carbonyl (C=O) groups excluding carboxylic acids is 1. The Morgan fingerprint density at radius 1 is 1.58 bits per heavy atom. The monoisotopic (exact) mass is 177 g/mol. The standard InChI is InChI=1S/C8H16FNO2/c1-4-8(2,3)10-7(11)12-6-5-9/h4-6H2,1-3H3,(H,10,11). The van der Waals surface area contributed by atoms with Gasteiger partial charge in [0.2, 0.25) is 0 Å². The first-order chi connectivity index (χ1) is 5.52. The van der Waals surface area contributed by atoms with E-state index in [4.69, 9.17) is 0 Å². The molecule has 0 aliphatic carbocycles. The van der Waals surface area contributed by atoms with Crippen molar-refractivity contribution in [3.63, 3.8) is 0 Å². The number of carbonyl (C=O) groups is 1. The normalized spacial score (nSPS) is 11.0. The zero-order valence-corrected chi connectivity index (χ0v) is 7.82. The average molecular weight is 177 g/mol. The highest BCUT2D eigenvalue weighted by Crippen LogP contribution is 2.06. The van der Waals surface area contributed by atoms with Crippen LogP contribution >= 0.6 is 0 Å². The van der Waals surface area contributed by atoms with E-state index in [1.165, 1.54) is 0 Å². The highest BCUT2D eigenvalue weighted by atomic mass is 19.1. The fourth-order valence-electron chi connectivity index (χ4n) is 0.532. The van der Waals surface area contributed by atoms with Crippen LogP contribution in [0.3, 0.4) is 0 Å². The molecule has 0 saturated heterocycles. The maximum atomic E-state index is 11.6. The minimum atomic E-state index is -0.639. The molecule has 0 saturated carbocycles. The van der Waals surface area contributed by atoms with E-state index in [1.54, 1.807) is 0 Å². The third kappa shape index (κ3) is 4.93. The maximum Gasteiger partial charge on any atom is 0.407 e. The Morgan fingerprint density at radius 2 is 2.17 bits per heavy atom. The van der Waals surface area contributed by atoms with E-state index in [1.807, 2.05) is 20.8 Å². The Labute approximate surface area is 72.3 Å². The lowest BCUT2D eigenvalue weighted by atomic mass is 10.0. The first-order valence-corrected chi connectivity index (χ1v) is 4.02. The van der Waals surface area contributed by atoms with Gasteiger partial charge < -0.3 is 10.1 Å². The zero-order valence-electron chi connectivity index (χ0n) is 7.82. The molecule has 0 spiro atoms. The lowest BCUT2D eigenvalue weighted by molar-refractivity contribution is 0.127. The molecule has 72 valence electrons. The SMILES string of the molecule is CCC(C)(C)NC(=O)OCCF. The number of hydrogen-bond donors (Lipinski definition) is 1. The molecule has 4 heteroatoms. The van der Waals surface area contributed by atoms with Gasteiger partial charge >= 0.3 is 6.09 Å². The largest absolute Gasteiger partial charge is 0.447 e. The Kier molecular flexibility index (Phi) is 4.62. The van der Waals surface area contributed by atoms with Crippen LogP contribution in [0.1, 0.15) is 27.2 Å². The molecule has 0 radical (unpaired) electrons. The van der Waals surface area contributed by atoms with Crippen molar-refractivity contribution in [3.8, 4) is 0 Å². The van der Waals surface area contributed by atoms with Gasteiger partial charge in [-0.15, -0.1) is 0 Å². The number of amides is 1. The first-order valence-electron chi connectivity index (χ1n) is 4.02. The molecule has 0 aromatic rings. The van der Waals surface area contributed by atoms with Crippen molar-refractivity contribution in [2.45, 2.75) is 32.7 Å². The van der Waals surface area contributed by atoms with Gasteiger partial charge in [-0.1, -0.05) is 6.92 Å². The van der Waals surface area contributed by atoms with Crippen molar-refractivity contribution in [2.75, 3.05) is 13.3 Å². The van der Waals surface area contributed by atoms with Crippen molar-refractivity contribution in [3.05, 3.63) is 0 Å². The van der Waals surface area contributed by atoms with Crippen LogP contribution in [-0.4, -0.2) is 24.9 Å². The van der Waals surface area contributed by atoms with Crippen molar-refractivity contribution < 1.29 is 13.9 Å². The third-order valence-electron chi connectivity index (χ3n) is 1.63. The second-order valence-corrected chi connectivity index (χ2v) is 3.19. The van der Waals surface area contributed by atoms with Crippen LogP contribution in [0, 0.1) is 0 Å². The fraction of sp³-hybridized carbons (Fsp3) is 0.875. The summed E-state index contributed by atoms with van der Waals surface area (Å²) in [6, 6.07) is 0. The van der Waals surface area contributed by atoms with Crippen LogP contribution in [0.15, 0.2) is 0 Å². The minimum absolute atomic E-state index is 0.175. The quantitative estimate of drug-likeness (QED) is 0.711. The van der Waals surface area contributed by atoms with Crippen molar-refractivity contribution >= 4 is 6.09 Å². The van der Waals surface area contributed by atoms with Crippen LogP contribution < -0.4 is 5.32 Å². The Hall–Kier alpha value is -0.800. The summed E-state index contributed by atoms with van der Waals surface area (Å²) in [5.74, 6) is 0. The van der Waals surface area contributed by atoms with Gasteiger partial charge in [-0.25, -0.2) is 9.18 Å². The highest BCUT2D eigenvalue weighted by Gasteiger charge is 2.18. The van der Waals surface area contributed by atoms with Gasteiger partial charge in [0.15, 0.2) is 0 Å². The summed E-state index contributed by atoms with van der Waals surface area (Å²) in [5, 5.41) is 2.61. The van der Waals surface area contributed by atoms with E-state index < -0.39 is 12.8 Å². The molecule has 0 aliphatic rings. The molecule has 0 bridgehead atoms. The topological polar surface area (TPSA) is 38.3 Å². The molecule has 12 heavy (non-hydrogen) atoms. The zero-order chi connectivity index (χ0) is 9.61. The molecule has 3 nitrogen and oxygen atoms in total. The maximum absolute atomic E-state index is 11.6. The van der Waals surface area contributed by atoms with E-state index in [9.17, 15) is 9.18 Å². The fourth-order valence-corrected chi connectivity index (χ4v) is 0.532. The molecule has 0 atom stereocenters. The van der Waals surface area contributed by atoms with E-state index in [0.29, 0.717) is 0 Å². The number of nitrogens with one attached hydrogen (secondary N) is 1. The molecule has 0 aromatic heterocycles. The lowest BCUT2D eigenvalue weighted by Gasteiger charge is -2.23. The molecule has 0 heterocycles. The van der Waals surface area contributed by atoms with E-state index in [-0.39, 0.29) is 12.1 Å². The third-order valence-corrected chi connectivity index (χ3v) is 1.63. The van der Waals surface area contributed by atoms with Crippen LogP contribution in [0.2, 0.25) is 0 Å². The highest BCUT2D eigenvalue weighted by molar-refractivity contribution is 5.68. The van der Waals surface area contributed by atoms with Gasteiger partial charge in [-0.2, -0.15) is 0 Å². The van der Waals surface area contributed by atoms with Crippen LogP contribution in [0.5, 0.6) is 0 Å². The number of alkyl halides is 1.